The average molecular weight is 255 g/mol. The zero-order valence-electron chi connectivity index (χ0n) is 11.9. The number of thiazole rings is 1. The number of nitrogens with zero attached hydrogens (tertiary/aromatic N) is 2. The lowest BCUT2D eigenvalue weighted by Gasteiger charge is -2.20. The molecule has 0 bridgehead atoms. The second-order valence-corrected chi connectivity index (χ2v) is 6.79. The highest BCUT2D eigenvalue weighted by Gasteiger charge is 2.11. The van der Waals surface area contributed by atoms with Crippen LogP contribution < -0.4 is 5.32 Å². The molecular weight excluding hydrogens is 230 g/mol. The Morgan fingerprint density at radius 3 is 2.59 bits per heavy atom. The Hall–Kier alpha value is -0.450. The standard InChI is InChI=1S/C13H25N3S/c1-10(2)16(6)8-11-9-17-12(15-11)7-14-13(3,4)5/h9-10,14H,7-8H2,1-6H3. The molecular formula is C13H25N3S. The third-order valence-electron chi connectivity index (χ3n) is 2.66. The van der Waals surface area contributed by atoms with Crippen molar-refractivity contribution in [1.82, 2.24) is 15.2 Å². The van der Waals surface area contributed by atoms with Crippen LogP contribution in [0.25, 0.3) is 0 Å². The summed E-state index contributed by atoms with van der Waals surface area (Å²) in [6, 6.07) is 0.563. The molecule has 17 heavy (non-hydrogen) atoms. The van der Waals surface area contributed by atoms with Gasteiger partial charge in [-0.15, -0.1) is 11.3 Å². The normalized spacial score (nSPS) is 12.7. The summed E-state index contributed by atoms with van der Waals surface area (Å²) in [6.07, 6.45) is 0. The van der Waals surface area contributed by atoms with Crippen LogP contribution in [0.15, 0.2) is 5.38 Å². The summed E-state index contributed by atoms with van der Waals surface area (Å²) >= 11 is 1.74. The van der Waals surface area contributed by atoms with Gasteiger partial charge in [-0.05, 0) is 41.7 Å². The van der Waals surface area contributed by atoms with Gasteiger partial charge in [0.15, 0.2) is 0 Å². The monoisotopic (exact) mass is 255 g/mol. The first kappa shape index (κ1) is 14.6. The summed E-state index contributed by atoms with van der Waals surface area (Å²) < 4.78 is 0. The van der Waals surface area contributed by atoms with Gasteiger partial charge in [0, 0.05) is 30.1 Å². The molecule has 0 saturated carbocycles. The van der Waals surface area contributed by atoms with Crippen LogP contribution in [0, 0.1) is 0 Å². The first-order chi connectivity index (χ1) is 7.78. The second-order valence-electron chi connectivity index (χ2n) is 5.84. The van der Waals surface area contributed by atoms with Gasteiger partial charge in [-0.2, -0.15) is 0 Å². The third-order valence-corrected chi connectivity index (χ3v) is 3.56. The van der Waals surface area contributed by atoms with Gasteiger partial charge in [0.2, 0.25) is 0 Å². The van der Waals surface area contributed by atoms with Crippen molar-refractivity contribution in [1.29, 1.82) is 0 Å². The fraction of sp³-hybridized carbons (Fsp3) is 0.769. The molecule has 0 atom stereocenters. The Bertz CT molecular complexity index is 339. The van der Waals surface area contributed by atoms with Crippen molar-refractivity contribution >= 4 is 11.3 Å². The maximum absolute atomic E-state index is 4.65. The SMILES string of the molecule is CC(C)N(C)Cc1csc(CNC(C)(C)C)n1. The van der Waals surface area contributed by atoms with E-state index < -0.39 is 0 Å². The molecule has 0 spiro atoms. The molecule has 3 nitrogen and oxygen atoms in total. The molecule has 0 radical (unpaired) electrons. The van der Waals surface area contributed by atoms with Crippen LogP contribution >= 0.6 is 11.3 Å². The average Bonchev–Trinajstić information content (AvgIpc) is 2.61. The van der Waals surface area contributed by atoms with Crippen LogP contribution in [0.3, 0.4) is 0 Å². The van der Waals surface area contributed by atoms with Crippen molar-refractivity contribution in [3.8, 4) is 0 Å². The highest BCUT2D eigenvalue weighted by Crippen LogP contribution is 2.13. The smallest absolute Gasteiger partial charge is 0.107 e. The van der Waals surface area contributed by atoms with E-state index in [1.54, 1.807) is 11.3 Å². The van der Waals surface area contributed by atoms with E-state index in [9.17, 15) is 0 Å². The molecule has 0 aliphatic rings. The van der Waals surface area contributed by atoms with E-state index in [-0.39, 0.29) is 5.54 Å². The molecule has 1 heterocycles. The van der Waals surface area contributed by atoms with Crippen LogP contribution in [0.4, 0.5) is 0 Å². The largest absolute Gasteiger partial charge is 0.306 e. The zero-order chi connectivity index (χ0) is 13.1. The Kier molecular flexibility index (Phi) is 5.10. The summed E-state index contributed by atoms with van der Waals surface area (Å²) in [4.78, 5) is 6.95. The van der Waals surface area contributed by atoms with Crippen molar-refractivity contribution in [3.05, 3.63) is 16.1 Å². The van der Waals surface area contributed by atoms with Crippen molar-refractivity contribution in [2.75, 3.05) is 7.05 Å². The summed E-state index contributed by atoms with van der Waals surface area (Å²) in [5.41, 5.74) is 1.33. The lowest BCUT2D eigenvalue weighted by atomic mass is 10.1. The van der Waals surface area contributed by atoms with Gasteiger partial charge in [0.25, 0.3) is 0 Å². The molecule has 0 aromatic carbocycles. The number of nitrogens with one attached hydrogen (secondary N) is 1. The van der Waals surface area contributed by atoms with E-state index >= 15 is 0 Å². The summed E-state index contributed by atoms with van der Waals surface area (Å²) in [5.74, 6) is 0. The zero-order valence-corrected chi connectivity index (χ0v) is 12.7. The molecule has 0 unspecified atom stereocenters. The Labute approximate surface area is 109 Å². The molecule has 0 aliphatic heterocycles. The van der Waals surface area contributed by atoms with Crippen LogP contribution in [0.5, 0.6) is 0 Å². The van der Waals surface area contributed by atoms with Crippen molar-refractivity contribution < 1.29 is 0 Å². The van der Waals surface area contributed by atoms with E-state index in [1.807, 2.05) is 0 Å². The van der Waals surface area contributed by atoms with Gasteiger partial charge in [0.05, 0.1) is 5.69 Å². The minimum Gasteiger partial charge on any atom is -0.306 e. The summed E-state index contributed by atoms with van der Waals surface area (Å²) in [6.45, 7) is 12.7. The molecule has 0 amide bonds. The van der Waals surface area contributed by atoms with Gasteiger partial charge in [-0.1, -0.05) is 0 Å². The quantitative estimate of drug-likeness (QED) is 0.877. The Morgan fingerprint density at radius 1 is 1.41 bits per heavy atom. The number of hydrogen-bond acceptors (Lipinski definition) is 4. The van der Waals surface area contributed by atoms with Gasteiger partial charge < -0.3 is 5.32 Å². The molecule has 0 saturated heterocycles. The highest BCUT2D eigenvalue weighted by atomic mass is 32.1. The maximum atomic E-state index is 4.65. The molecule has 98 valence electrons. The lowest BCUT2D eigenvalue weighted by Crippen LogP contribution is -2.35. The number of hydrogen-bond donors (Lipinski definition) is 1. The predicted molar refractivity (Wildman–Crippen MR) is 75.3 cm³/mol. The molecule has 1 rings (SSSR count). The van der Waals surface area contributed by atoms with Gasteiger partial charge in [-0.25, -0.2) is 4.98 Å². The number of aromatic nitrogens is 1. The van der Waals surface area contributed by atoms with E-state index in [1.165, 1.54) is 10.7 Å². The molecule has 1 aromatic rings. The van der Waals surface area contributed by atoms with E-state index in [0.29, 0.717) is 6.04 Å². The van der Waals surface area contributed by atoms with Gasteiger partial charge in [0.1, 0.15) is 5.01 Å². The van der Waals surface area contributed by atoms with Gasteiger partial charge in [-0.3, -0.25) is 4.90 Å². The number of rotatable bonds is 5. The highest BCUT2D eigenvalue weighted by molar-refractivity contribution is 7.09. The minimum absolute atomic E-state index is 0.153. The molecule has 4 heteroatoms. The van der Waals surface area contributed by atoms with Crippen LogP contribution in [0.2, 0.25) is 0 Å². The Morgan fingerprint density at radius 2 is 2.06 bits per heavy atom. The molecule has 0 fully saturated rings. The van der Waals surface area contributed by atoms with E-state index in [0.717, 1.165) is 13.1 Å². The second kappa shape index (κ2) is 5.94. The predicted octanol–water partition coefficient (Wildman–Crippen LogP) is 2.87. The van der Waals surface area contributed by atoms with Crippen LogP contribution in [-0.4, -0.2) is 28.5 Å². The van der Waals surface area contributed by atoms with E-state index in [2.05, 4.69) is 62.2 Å². The third kappa shape index (κ3) is 5.61. The van der Waals surface area contributed by atoms with Crippen molar-refractivity contribution in [2.45, 2.75) is 59.3 Å². The van der Waals surface area contributed by atoms with E-state index in [4.69, 9.17) is 0 Å². The van der Waals surface area contributed by atoms with Crippen molar-refractivity contribution in [3.63, 3.8) is 0 Å². The topological polar surface area (TPSA) is 28.2 Å². The summed E-state index contributed by atoms with van der Waals surface area (Å²) in [7, 11) is 2.14. The van der Waals surface area contributed by atoms with Crippen molar-refractivity contribution in [2.24, 2.45) is 0 Å². The lowest BCUT2D eigenvalue weighted by molar-refractivity contribution is 0.263. The summed E-state index contributed by atoms with van der Waals surface area (Å²) in [5, 5.41) is 6.80. The minimum atomic E-state index is 0.153. The molecule has 0 aliphatic carbocycles. The first-order valence-corrected chi connectivity index (χ1v) is 7.04. The maximum Gasteiger partial charge on any atom is 0.107 e. The molecule has 1 aromatic heterocycles. The van der Waals surface area contributed by atoms with Crippen LogP contribution in [0.1, 0.15) is 45.3 Å². The Balaban J connectivity index is 2.48. The fourth-order valence-electron chi connectivity index (χ4n) is 1.28. The molecule has 1 N–H and O–H groups in total. The first-order valence-electron chi connectivity index (χ1n) is 6.16. The van der Waals surface area contributed by atoms with Gasteiger partial charge >= 0.3 is 0 Å². The fourth-order valence-corrected chi connectivity index (χ4v) is 2.01. The van der Waals surface area contributed by atoms with Crippen LogP contribution in [-0.2, 0) is 13.1 Å².